The third kappa shape index (κ3) is 6.98. The molecule has 3 aromatic rings. The molecule has 4 heterocycles. The zero-order valence-electron chi connectivity index (χ0n) is 25.6. The van der Waals surface area contributed by atoms with E-state index in [1.165, 1.54) is 44.5 Å². The highest BCUT2D eigenvalue weighted by Gasteiger charge is 2.29. The first-order valence-corrected chi connectivity index (χ1v) is 15.9. The van der Waals surface area contributed by atoms with Gasteiger partial charge in [0.15, 0.2) is 17.0 Å². The highest BCUT2D eigenvalue weighted by Crippen LogP contribution is 2.27. The summed E-state index contributed by atoms with van der Waals surface area (Å²) in [5.41, 5.74) is 6.24. The van der Waals surface area contributed by atoms with Crippen LogP contribution in [0.4, 0.5) is 5.82 Å². The fraction of sp³-hybridized carbons (Fsp3) is 0.594. The number of fused-ring (bicyclic) bond motifs is 1. The lowest BCUT2D eigenvalue weighted by Crippen LogP contribution is -2.48. The molecule has 11 nitrogen and oxygen atoms in total. The van der Waals surface area contributed by atoms with E-state index < -0.39 is 0 Å². The Hall–Kier alpha value is -3.59. The van der Waals surface area contributed by atoms with Crippen molar-refractivity contribution in [2.24, 2.45) is 13.0 Å². The molecule has 1 aromatic carbocycles. The minimum Gasteiger partial charge on any atom is -0.318 e. The second-order valence-corrected chi connectivity index (χ2v) is 12.6. The molecule has 1 N–H and O–H groups in total. The number of piperazine rings is 1. The average Bonchev–Trinajstić information content (AvgIpc) is 3.42. The number of nitrogens with one attached hydrogen (secondary N) is 1. The average molecular weight is 585 g/mol. The van der Waals surface area contributed by atoms with E-state index >= 15 is 0 Å². The molecule has 3 aliphatic rings. The zero-order chi connectivity index (χ0) is 29.8. The zero-order valence-corrected chi connectivity index (χ0v) is 25.6. The van der Waals surface area contributed by atoms with Gasteiger partial charge in [-0.05, 0) is 69.4 Å². The van der Waals surface area contributed by atoms with Gasteiger partial charge in [-0.2, -0.15) is 15.2 Å². The molecule has 1 saturated carbocycles. The second-order valence-electron chi connectivity index (χ2n) is 12.6. The van der Waals surface area contributed by atoms with Crippen LogP contribution in [-0.4, -0.2) is 104 Å². The maximum absolute atomic E-state index is 14.0. The van der Waals surface area contributed by atoms with Crippen LogP contribution in [0.5, 0.6) is 0 Å². The number of rotatable bonds is 8. The van der Waals surface area contributed by atoms with Crippen LogP contribution in [0.3, 0.4) is 0 Å². The summed E-state index contributed by atoms with van der Waals surface area (Å²) >= 11 is 0. The summed E-state index contributed by atoms with van der Waals surface area (Å²) in [5.74, 6) is 1.17. The van der Waals surface area contributed by atoms with Gasteiger partial charge in [-0.1, -0.05) is 31.4 Å². The fourth-order valence-electron chi connectivity index (χ4n) is 6.79. The molecule has 0 atom stereocenters. The summed E-state index contributed by atoms with van der Waals surface area (Å²) in [5, 5.41) is 11.2. The Kier molecular flexibility index (Phi) is 9.17. The minimum absolute atomic E-state index is 0.0333. The first kappa shape index (κ1) is 29.5. The highest BCUT2D eigenvalue weighted by atomic mass is 16.2. The molecular weight excluding hydrogens is 540 g/mol. The number of imidazole rings is 1. The van der Waals surface area contributed by atoms with Crippen LogP contribution in [-0.2, 0) is 13.6 Å². The van der Waals surface area contributed by atoms with Gasteiger partial charge in [0.1, 0.15) is 6.07 Å². The van der Waals surface area contributed by atoms with E-state index in [-0.39, 0.29) is 17.8 Å². The molecule has 0 unspecified atom stereocenters. The molecule has 1 aliphatic carbocycles. The van der Waals surface area contributed by atoms with Crippen molar-refractivity contribution in [3.63, 3.8) is 0 Å². The van der Waals surface area contributed by atoms with Gasteiger partial charge in [0.25, 0.3) is 5.91 Å². The van der Waals surface area contributed by atoms with E-state index in [1.807, 2.05) is 25.2 Å². The van der Waals surface area contributed by atoms with Gasteiger partial charge in [0, 0.05) is 51.9 Å². The molecule has 3 fully saturated rings. The first-order valence-electron chi connectivity index (χ1n) is 15.9. The molecule has 43 heavy (non-hydrogen) atoms. The van der Waals surface area contributed by atoms with E-state index in [0.717, 1.165) is 64.3 Å². The molecule has 0 bridgehead atoms. The third-order valence-corrected chi connectivity index (χ3v) is 9.47. The van der Waals surface area contributed by atoms with E-state index in [2.05, 4.69) is 54.3 Å². The molecule has 0 spiro atoms. The Labute approximate surface area is 254 Å². The lowest BCUT2D eigenvalue weighted by Gasteiger charge is -2.38. The first-order chi connectivity index (χ1) is 21.0. The number of amides is 1. The summed E-state index contributed by atoms with van der Waals surface area (Å²) < 4.78 is 1.75. The number of benzene rings is 1. The monoisotopic (exact) mass is 584 g/mol. The van der Waals surface area contributed by atoms with Gasteiger partial charge >= 0.3 is 0 Å². The number of nitrogens with zero attached hydrogens (tertiary/aromatic N) is 9. The highest BCUT2D eigenvalue weighted by molar-refractivity contribution is 5.96. The smallest absolute Gasteiger partial charge is 0.272 e. The fourth-order valence-corrected chi connectivity index (χ4v) is 6.79. The van der Waals surface area contributed by atoms with Gasteiger partial charge in [-0.3, -0.25) is 15.1 Å². The maximum Gasteiger partial charge on any atom is 0.272 e. The number of nitriles is 1. The summed E-state index contributed by atoms with van der Waals surface area (Å²) in [4.78, 5) is 34.7. The summed E-state index contributed by atoms with van der Waals surface area (Å²) in [6.45, 7) is 9.02. The van der Waals surface area contributed by atoms with Gasteiger partial charge in [-0.25, -0.2) is 9.99 Å². The third-order valence-electron chi connectivity index (χ3n) is 9.47. The van der Waals surface area contributed by atoms with Gasteiger partial charge in [0.05, 0.1) is 12.4 Å². The predicted octanol–water partition coefficient (Wildman–Crippen LogP) is 3.50. The molecule has 2 aromatic heterocycles. The van der Waals surface area contributed by atoms with Crippen molar-refractivity contribution in [1.82, 2.24) is 39.2 Å². The van der Waals surface area contributed by atoms with Crippen LogP contribution in [0.2, 0.25) is 0 Å². The maximum atomic E-state index is 14.0. The quantitative estimate of drug-likeness (QED) is 0.398. The number of carbonyl (C=O) groups excluding carboxylic acids is 1. The molecule has 6 rings (SSSR count). The number of aromatic nitrogens is 4. The number of likely N-dealkylation sites (tertiary alicyclic amines) is 1. The number of hydrogen-bond donors (Lipinski definition) is 1. The number of hydrazine groups is 1. The Morgan fingerprint density at radius 1 is 0.953 bits per heavy atom. The number of aryl methyl sites for hydroxylation is 1. The van der Waals surface area contributed by atoms with Crippen molar-refractivity contribution in [3.05, 3.63) is 47.5 Å². The van der Waals surface area contributed by atoms with Crippen molar-refractivity contribution in [2.45, 2.75) is 57.5 Å². The Morgan fingerprint density at radius 3 is 2.35 bits per heavy atom. The predicted molar refractivity (Wildman–Crippen MR) is 166 cm³/mol. The normalized spacial score (nSPS) is 19.8. The van der Waals surface area contributed by atoms with E-state index in [9.17, 15) is 10.1 Å². The van der Waals surface area contributed by atoms with Crippen molar-refractivity contribution >= 4 is 22.9 Å². The number of carbonyl (C=O) groups is 1. The lowest BCUT2D eigenvalue weighted by atomic mass is 9.94. The topological polar surface area (TPSA) is 109 Å². The van der Waals surface area contributed by atoms with E-state index in [0.29, 0.717) is 22.5 Å². The van der Waals surface area contributed by atoms with Crippen LogP contribution in [0.15, 0.2) is 30.6 Å². The van der Waals surface area contributed by atoms with Crippen LogP contribution < -0.4 is 5.43 Å². The molecule has 1 amide bonds. The Bertz CT molecular complexity index is 1420. The van der Waals surface area contributed by atoms with Crippen molar-refractivity contribution in [3.8, 4) is 6.07 Å². The van der Waals surface area contributed by atoms with Crippen LogP contribution in [0, 0.1) is 17.2 Å². The SMILES string of the molecule is CN1CCC(CN2CCN(Cc3ccc(C(=O)N(Nc4nc(C#N)nc5c4ncn5C)C4CCCCC4)cc3)CC2)CC1. The molecule has 2 saturated heterocycles. The molecule has 11 heteroatoms. The number of hydrogen-bond acceptors (Lipinski definition) is 9. The number of piperidine rings is 1. The van der Waals surface area contributed by atoms with Gasteiger partial charge < -0.3 is 14.4 Å². The summed E-state index contributed by atoms with van der Waals surface area (Å²) in [6.07, 6.45) is 9.46. The Balaban J connectivity index is 1.10. The number of anilines is 1. The van der Waals surface area contributed by atoms with E-state index in [4.69, 9.17) is 0 Å². The molecule has 228 valence electrons. The van der Waals surface area contributed by atoms with Crippen molar-refractivity contribution in [2.75, 3.05) is 58.3 Å². The second kappa shape index (κ2) is 13.4. The molecular formula is C32H44N10O. The lowest BCUT2D eigenvalue weighted by molar-refractivity contribution is 0.0692. The largest absolute Gasteiger partial charge is 0.318 e. The van der Waals surface area contributed by atoms with E-state index in [1.54, 1.807) is 15.9 Å². The van der Waals surface area contributed by atoms with Crippen molar-refractivity contribution < 1.29 is 4.79 Å². The van der Waals surface area contributed by atoms with Gasteiger partial charge in [0.2, 0.25) is 5.82 Å². The summed E-state index contributed by atoms with van der Waals surface area (Å²) in [6, 6.07) is 10.1. The molecule has 2 aliphatic heterocycles. The van der Waals surface area contributed by atoms with Crippen molar-refractivity contribution in [1.29, 1.82) is 5.26 Å². The van der Waals surface area contributed by atoms with Crippen LogP contribution in [0.1, 0.15) is 66.7 Å². The Morgan fingerprint density at radius 2 is 1.65 bits per heavy atom. The van der Waals surface area contributed by atoms with Crippen LogP contribution >= 0.6 is 0 Å². The van der Waals surface area contributed by atoms with Gasteiger partial charge in [-0.15, -0.1) is 0 Å². The standard InChI is InChI=1S/C32H44N10O/c1-38-14-12-25(13-15-38)22-41-18-16-40(17-19-41)21-24-8-10-26(11-9-24)32(43)42(27-6-4-3-5-7-27)37-30-29-31(39(2)23-34-29)36-28(20-33)35-30/h8-11,23,25,27H,3-7,12-19,21-22H2,1-2H3,(H,35,36,37). The summed E-state index contributed by atoms with van der Waals surface area (Å²) in [7, 11) is 4.06. The minimum atomic E-state index is -0.0952. The van der Waals surface area contributed by atoms with Crippen LogP contribution in [0.25, 0.3) is 11.2 Å². The molecule has 0 radical (unpaired) electrons.